The second-order valence-electron chi connectivity index (χ2n) is 7.87. The minimum Gasteiger partial charge on any atom is -0.342 e. The molecule has 0 unspecified atom stereocenters. The Morgan fingerprint density at radius 1 is 1.17 bits per heavy atom. The van der Waals surface area contributed by atoms with Crippen molar-refractivity contribution in [2.24, 2.45) is 5.92 Å². The number of halogens is 1. The summed E-state index contributed by atoms with van der Waals surface area (Å²) in [5.41, 5.74) is 1.61. The Morgan fingerprint density at radius 2 is 1.79 bits per heavy atom. The highest BCUT2D eigenvalue weighted by Crippen LogP contribution is 2.22. The van der Waals surface area contributed by atoms with Crippen LogP contribution in [0.25, 0.3) is 6.08 Å². The highest BCUT2D eigenvalue weighted by atomic mass is 35.5. The number of hydrogen-bond donors (Lipinski definition) is 0. The number of aromatic nitrogens is 2. The van der Waals surface area contributed by atoms with E-state index in [0.29, 0.717) is 43.8 Å². The Kier molecular flexibility index (Phi) is 8.71. The molecule has 0 aromatic carbocycles. The quantitative estimate of drug-likeness (QED) is 0.603. The third-order valence-electron chi connectivity index (χ3n) is 5.20. The van der Waals surface area contributed by atoms with Gasteiger partial charge < -0.3 is 9.80 Å². The first-order valence-corrected chi connectivity index (χ1v) is 10.8. The standard InChI is InChI=1S/C21H34ClN5O2/c1-6-25(7-2)20(29)15-24-10-12-26(13-11-24)19(28)9-8-18-17(5)23-27(21(18)22)14-16(3)4/h8-9,16H,6-7,10-15H2,1-5H3/b9-8+. The van der Waals surface area contributed by atoms with Gasteiger partial charge in [0.2, 0.25) is 11.8 Å². The molecule has 2 heterocycles. The molecule has 29 heavy (non-hydrogen) atoms. The van der Waals surface area contributed by atoms with Crippen LogP contribution in [0, 0.1) is 12.8 Å². The first-order chi connectivity index (χ1) is 13.8. The van der Waals surface area contributed by atoms with E-state index < -0.39 is 0 Å². The lowest BCUT2D eigenvalue weighted by Gasteiger charge is -2.34. The summed E-state index contributed by atoms with van der Waals surface area (Å²) in [5, 5.41) is 5.04. The van der Waals surface area contributed by atoms with Gasteiger partial charge >= 0.3 is 0 Å². The molecule has 1 saturated heterocycles. The Labute approximate surface area is 179 Å². The van der Waals surface area contributed by atoms with Crippen molar-refractivity contribution in [2.75, 3.05) is 45.8 Å². The van der Waals surface area contributed by atoms with Gasteiger partial charge in [-0.2, -0.15) is 5.10 Å². The third kappa shape index (κ3) is 6.31. The van der Waals surface area contributed by atoms with Crippen LogP contribution >= 0.6 is 11.6 Å². The van der Waals surface area contributed by atoms with Crippen molar-refractivity contribution in [1.82, 2.24) is 24.5 Å². The summed E-state index contributed by atoms with van der Waals surface area (Å²) in [5.74, 6) is 0.556. The summed E-state index contributed by atoms with van der Waals surface area (Å²) in [6, 6.07) is 0. The fraction of sp³-hybridized carbons (Fsp3) is 0.667. The van der Waals surface area contributed by atoms with E-state index in [0.717, 1.165) is 30.9 Å². The number of hydrogen-bond acceptors (Lipinski definition) is 4. The largest absolute Gasteiger partial charge is 0.342 e. The molecule has 0 bridgehead atoms. The maximum atomic E-state index is 12.6. The number of piperazine rings is 1. The summed E-state index contributed by atoms with van der Waals surface area (Å²) in [6.45, 7) is 15.4. The Hall–Kier alpha value is -1.86. The molecule has 0 radical (unpaired) electrons. The first-order valence-electron chi connectivity index (χ1n) is 10.5. The van der Waals surface area contributed by atoms with E-state index in [-0.39, 0.29) is 11.8 Å². The maximum absolute atomic E-state index is 12.6. The van der Waals surface area contributed by atoms with Gasteiger partial charge in [0.25, 0.3) is 0 Å². The number of rotatable bonds is 8. The minimum absolute atomic E-state index is 0.0354. The predicted molar refractivity (Wildman–Crippen MR) is 117 cm³/mol. The average Bonchev–Trinajstić information content (AvgIpc) is 2.93. The zero-order valence-electron chi connectivity index (χ0n) is 18.3. The number of carbonyl (C=O) groups is 2. The van der Waals surface area contributed by atoms with Gasteiger partial charge in [-0.25, -0.2) is 0 Å². The molecule has 2 rings (SSSR count). The summed E-state index contributed by atoms with van der Waals surface area (Å²) >= 11 is 6.44. The zero-order chi connectivity index (χ0) is 21.6. The molecule has 0 saturated carbocycles. The van der Waals surface area contributed by atoms with Crippen LogP contribution in [0.3, 0.4) is 0 Å². The molecule has 1 fully saturated rings. The molecular weight excluding hydrogens is 390 g/mol. The summed E-state index contributed by atoms with van der Waals surface area (Å²) < 4.78 is 1.79. The molecule has 8 heteroatoms. The first kappa shape index (κ1) is 23.4. The zero-order valence-corrected chi connectivity index (χ0v) is 19.1. The van der Waals surface area contributed by atoms with E-state index in [2.05, 4.69) is 23.8 Å². The molecular formula is C21H34ClN5O2. The lowest BCUT2D eigenvalue weighted by molar-refractivity contribution is -0.133. The molecule has 1 aromatic heterocycles. The molecule has 162 valence electrons. The van der Waals surface area contributed by atoms with Crippen LogP contribution in [-0.4, -0.2) is 82.1 Å². The molecule has 1 aliphatic heterocycles. The van der Waals surface area contributed by atoms with Crippen molar-refractivity contribution in [3.05, 3.63) is 22.5 Å². The number of carbonyl (C=O) groups excluding carboxylic acids is 2. The molecule has 2 amide bonds. The van der Waals surface area contributed by atoms with Crippen molar-refractivity contribution in [2.45, 2.75) is 41.2 Å². The third-order valence-corrected chi connectivity index (χ3v) is 5.60. The molecule has 0 spiro atoms. The minimum atomic E-state index is -0.0354. The highest BCUT2D eigenvalue weighted by Gasteiger charge is 2.22. The van der Waals surface area contributed by atoms with Gasteiger partial charge in [-0.05, 0) is 32.8 Å². The maximum Gasteiger partial charge on any atom is 0.246 e. The highest BCUT2D eigenvalue weighted by molar-refractivity contribution is 6.31. The van der Waals surface area contributed by atoms with E-state index in [9.17, 15) is 9.59 Å². The van der Waals surface area contributed by atoms with Gasteiger partial charge in [-0.1, -0.05) is 25.4 Å². The lowest BCUT2D eigenvalue weighted by Crippen LogP contribution is -2.51. The smallest absolute Gasteiger partial charge is 0.246 e. The van der Waals surface area contributed by atoms with Crippen molar-refractivity contribution in [3.63, 3.8) is 0 Å². The van der Waals surface area contributed by atoms with Crippen LogP contribution in [0.15, 0.2) is 6.08 Å². The van der Waals surface area contributed by atoms with Gasteiger partial charge in [0.1, 0.15) is 5.15 Å². The molecule has 0 N–H and O–H groups in total. The van der Waals surface area contributed by atoms with Crippen molar-refractivity contribution >= 4 is 29.5 Å². The van der Waals surface area contributed by atoms with Crippen molar-refractivity contribution in [3.8, 4) is 0 Å². The number of aryl methyl sites for hydroxylation is 1. The fourth-order valence-electron chi connectivity index (χ4n) is 3.48. The van der Waals surface area contributed by atoms with Crippen LogP contribution in [0.5, 0.6) is 0 Å². The normalized spacial score (nSPS) is 15.5. The summed E-state index contributed by atoms with van der Waals surface area (Å²) in [4.78, 5) is 30.6. The van der Waals surface area contributed by atoms with Crippen LogP contribution in [0.4, 0.5) is 0 Å². The van der Waals surface area contributed by atoms with E-state index in [1.54, 1.807) is 16.8 Å². The second-order valence-corrected chi connectivity index (χ2v) is 8.22. The molecule has 7 nitrogen and oxygen atoms in total. The predicted octanol–water partition coefficient (Wildman–Crippen LogP) is 2.53. The van der Waals surface area contributed by atoms with Gasteiger partial charge in [-0.3, -0.25) is 19.2 Å². The second kappa shape index (κ2) is 10.8. The van der Waals surface area contributed by atoms with Crippen LogP contribution in [-0.2, 0) is 16.1 Å². The van der Waals surface area contributed by atoms with Crippen LogP contribution < -0.4 is 0 Å². The molecule has 1 aromatic rings. The van der Waals surface area contributed by atoms with Crippen molar-refractivity contribution in [1.29, 1.82) is 0 Å². The van der Waals surface area contributed by atoms with Crippen molar-refractivity contribution < 1.29 is 9.59 Å². The number of amides is 2. The van der Waals surface area contributed by atoms with Gasteiger partial charge in [0.05, 0.1) is 12.2 Å². The molecule has 0 atom stereocenters. The van der Waals surface area contributed by atoms with E-state index in [4.69, 9.17) is 11.6 Å². The summed E-state index contributed by atoms with van der Waals surface area (Å²) in [6.07, 6.45) is 3.34. The average molecular weight is 424 g/mol. The number of likely N-dealkylation sites (N-methyl/N-ethyl adjacent to an activating group) is 1. The van der Waals surface area contributed by atoms with Gasteiger partial charge in [0, 0.05) is 57.5 Å². The Bertz CT molecular complexity index is 732. The SMILES string of the molecule is CCN(CC)C(=O)CN1CCN(C(=O)/C=C/c2c(C)nn(CC(C)C)c2Cl)CC1. The monoisotopic (exact) mass is 423 g/mol. The molecule has 1 aliphatic rings. The Morgan fingerprint density at radius 3 is 2.34 bits per heavy atom. The Balaban J connectivity index is 1.90. The van der Waals surface area contributed by atoms with Gasteiger partial charge in [0.15, 0.2) is 0 Å². The lowest BCUT2D eigenvalue weighted by atomic mass is 10.2. The topological polar surface area (TPSA) is 61.7 Å². The van der Waals surface area contributed by atoms with Gasteiger partial charge in [-0.15, -0.1) is 0 Å². The fourth-order valence-corrected chi connectivity index (χ4v) is 3.78. The summed E-state index contributed by atoms with van der Waals surface area (Å²) in [7, 11) is 0. The molecule has 0 aliphatic carbocycles. The van der Waals surface area contributed by atoms with E-state index in [1.165, 1.54) is 0 Å². The van der Waals surface area contributed by atoms with E-state index >= 15 is 0 Å². The van der Waals surface area contributed by atoms with Crippen LogP contribution in [0.2, 0.25) is 5.15 Å². The number of nitrogens with zero attached hydrogens (tertiary/aromatic N) is 5. The van der Waals surface area contributed by atoms with Crippen LogP contribution in [0.1, 0.15) is 39.0 Å². The van der Waals surface area contributed by atoms with E-state index in [1.807, 2.05) is 30.6 Å².